The van der Waals surface area contributed by atoms with Gasteiger partial charge in [-0.25, -0.2) is 4.39 Å². The van der Waals surface area contributed by atoms with Crippen LogP contribution >= 0.6 is 0 Å². The van der Waals surface area contributed by atoms with Gasteiger partial charge in [0.15, 0.2) is 0 Å². The van der Waals surface area contributed by atoms with Crippen LogP contribution < -0.4 is 0 Å². The quantitative estimate of drug-likeness (QED) is 0.717. The van der Waals surface area contributed by atoms with Crippen LogP contribution in [0, 0.1) is 28.5 Å². The lowest BCUT2D eigenvalue weighted by Gasteiger charge is -2.08. The van der Waals surface area contributed by atoms with Crippen molar-refractivity contribution in [2.75, 3.05) is 0 Å². The van der Waals surface area contributed by atoms with Gasteiger partial charge in [-0.05, 0) is 47.3 Å². The Kier molecular flexibility index (Phi) is 3.14. The summed E-state index contributed by atoms with van der Waals surface area (Å²) in [5.41, 5.74) is 2.54. The van der Waals surface area contributed by atoms with E-state index in [0.29, 0.717) is 23.2 Å². The summed E-state index contributed by atoms with van der Waals surface area (Å²) >= 11 is 0. The Balaban J connectivity index is 2.09. The SMILES string of the molecule is N#Cc1ccc2ccn(Cc3cc(F)ccc3C#N)c2c1. The minimum atomic E-state index is -0.363. The van der Waals surface area contributed by atoms with E-state index in [9.17, 15) is 4.39 Å². The first-order chi connectivity index (χ1) is 10.2. The van der Waals surface area contributed by atoms with Gasteiger partial charge in [-0.2, -0.15) is 10.5 Å². The molecule has 0 atom stereocenters. The van der Waals surface area contributed by atoms with Gasteiger partial charge in [0.25, 0.3) is 0 Å². The average molecular weight is 275 g/mol. The lowest BCUT2D eigenvalue weighted by molar-refractivity contribution is 0.623. The number of halogens is 1. The van der Waals surface area contributed by atoms with E-state index < -0.39 is 0 Å². The molecule has 1 aromatic heterocycles. The van der Waals surface area contributed by atoms with Crippen molar-refractivity contribution >= 4 is 10.9 Å². The fourth-order valence-electron chi connectivity index (χ4n) is 2.38. The van der Waals surface area contributed by atoms with Crippen molar-refractivity contribution in [3.63, 3.8) is 0 Å². The number of benzene rings is 2. The third-order valence-electron chi connectivity index (χ3n) is 3.43. The van der Waals surface area contributed by atoms with Crippen molar-refractivity contribution < 1.29 is 4.39 Å². The summed E-state index contributed by atoms with van der Waals surface area (Å²) in [5.74, 6) is -0.363. The standard InChI is InChI=1S/C17H10FN3/c18-16-4-3-14(10-20)15(8-16)11-21-6-5-13-2-1-12(9-19)7-17(13)21/h1-8H,11H2. The number of aromatic nitrogens is 1. The molecule has 0 amide bonds. The molecular formula is C17H10FN3. The molecule has 3 aromatic rings. The highest BCUT2D eigenvalue weighted by molar-refractivity contribution is 5.81. The van der Waals surface area contributed by atoms with Gasteiger partial charge in [-0.1, -0.05) is 6.07 Å². The Morgan fingerprint density at radius 2 is 1.86 bits per heavy atom. The molecule has 0 N–H and O–H groups in total. The fraction of sp³-hybridized carbons (Fsp3) is 0.0588. The average Bonchev–Trinajstić information content (AvgIpc) is 2.90. The van der Waals surface area contributed by atoms with Crippen LogP contribution in [0.25, 0.3) is 10.9 Å². The molecule has 4 heteroatoms. The molecule has 0 aliphatic heterocycles. The molecule has 0 unspecified atom stereocenters. The molecule has 1 heterocycles. The molecule has 0 bridgehead atoms. The third-order valence-corrected chi connectivity index (χ3v) is 3.43. The van der Waals surface area contributed by atoms with E-state index in [-0.39, 0.29) is 5.82 Å². The van der Waals surface area contributed by atoms with Crippen molar-refractivity contribution in [1.29, 1.82) is 10.5 Å². The Bertz CT molecular complexity index is 910. The van der Waals surface area contributed by atoms with Crippen molar-refractivity contribution in [3.8, 4) is 12.1 Å². The molecule has 0 fully saturated rings. The van der Waals surface area contributed by atoms with Crippen molar-refractivity contribution in [1.82, 2.24) is 4.57 Å². The second kappa shape index (κ2) is 5.11. The molecule has 100 valence electrons. The maximum absolute atomic E-state index is 13.4. The van der Waals surface area contributed by atoms with Gasteiger partial charge >= 0.3 is 0 Å². The molecule has 0 saturated heterocycles. The molecule has 0 aliphatic rings. The smallest absolute Gasteiger partial charge is 0.123 e. The van der Waals surface area contributed by atoms with E-state index in [4.69, 9.17) is 10.5 Å². The first-order valence-corrected chi connectivity index (χ1v) is 6.39. The molecular weight excluding hydrogens is 265 g/mol. The van der Waals surface area contributed by atoms with Gasteiger partial charge in [0.2, 0.25) is 0 Å². The zero-order valence-electron chi connectivity index (χ0n) is 11.0. The third kappa shape index (κ3) is 2.35. The van der Waals surface area contributed by atoms with Crippen LogP contribution in [-0.2, 0) is 6.54 Å². The van der Waals surface area contributed by atoms with E-state index in [1.807, 2.05) is 22.9 Å². The minimum Gasteiger partial charge on any atom is -0.343 e. The second-order valence-electron chi connectivity index (χ2n) is 4.74. The number of fused-ring (bicyclic) bond motifs is 1. The van der Waals surface area contributed by atoms with E-state index in [1.54, 1.807) is 12.1 Å². The lowest BCUT2D eigenvalue weighted by atomic mass is 10.1. The number of nitriles is 2. The lowest BCUT2D eigenvalue weighted by Crippen LogP contribution is -2.01. The van der Waals surface area contributed by atoms with Crippen molar-refractivity contribution in [2.24, 2.45) is 0 Å². The van der Waals surface area contributed by atoms with Crippen molar-refractivity contribution in [2.45, 2.75) is 6.54 Å². The zero-order valence-corrected chi connectivity index (χ0v) is 11.0. The maximum Gasteiger partial charge on any atom is 0.123 e. The van der Waals surface area contributed by atoms with Gasteiger partial charge in [-0.3, -0.25) is 0 Å². The number of hydrogen-bond donors (Lipinski definition) is 0. The van der Waals surface area contributed by atoms with E-state index in [0.717, 1.165) is 10.9 Å². The van der Waals surface area contributed by atoms with Crippen LogP contribution in [0.3, 0.4) is 0 Å². The molecule has 21 heavy (non-hydrogen) atoms. The summed E-state index contributed by atoms with van der Waals surface area (Å²) in [5, 5.41) is 19.1. The Morgan fingerprint density at radius 3 is 2.62 bits per heavy atom. The van der Waals surface area contributed by atoms with Crippen LogP contribution in [0.2, 0.25) is 0 Å². The Labute approximate surface area is 121 Å². The van der Waals surface area contributed by atoms with E-state index in [2.05, 4.69) is 12.1 Å². The summed E-state index contributed by atoms with van der Waals surface area (Å²) in [6.07, 6.45) is 1.87. The first kappa shape index (κ1) is 12.9. The monoisotopic (exact) mass is 275 g/mol. The molecule has 0 aliphatic carbocycles. The highest BCUT2D eigenvalue weighted by Gasteiger charge is 2.07. The van der Waals surface area contributed by atoms with Gasteiger partial charge in [0, 0.05) is 18.3 Å². The number of nitrogens with zero attached hydrogens (tertiary/aromatic N) is 3. The second-order valence-corrected chi connectivity index (χ2v) is 4.74. The van der Waals surface area contributed by atoms with Crippen LogP contribution in [0.5, 0.6) is 0 Å². The largest absolute Gasteiger partial charge is 0.343 e. The molecule has 0 saturated carbocycles. The molecule has 0 spiro atoms. The van der Waals surface area contributed by atoms with Crippen LogP contribution in [0.1, 0.15) is 16.7 Å². The molecule has 0 radical (unpaired) electrons. The fourth-order valence-corrected chi connectivity index (χ4v) is 2.38. The number of rotatable bonds is 2. The maximum atomic E-state index is 13.4. The summed E-state index contributed by atoms with van der Waals surface area (Å²) in [7, 11) is 0. The predicted molar refractivity (Wildman–Crippen MR) is 76.9 cm³/mol. The minimum absolute atomic E-state index is 0.363. The van der Waals surface area contributed by atoms with Gasteiger partial charge in [-0.15, -0.1) is 0 Å². The van der Waals surface area contributed by atoms with Gasteiger partial charge in [0.1, 0.15) is 5.82 Å². The summed E-state index contributed by atoms with van der Waals surface area (Å²) in [6, 6.07) is 15.7. The molecule has 3 nitrogen and oxygen atoms in total. The summed E-state index contributed by atoms with van der Waals surface area (Å²) in [4.78, 5) is 0. The van der Waals surface area contributed by atoms with Gasteiger partial charge < -0.3 is 4.57 Å². The van der Waals surface area contributed by atoms with E-state index >= 15 is 0 Å². The van der Waals surface area contributed by atoms with Crippen LogP contribution in [0.4, 0.5) is 4.39 Å². The van der Waals surface area contributed by atoms with Crippen LogP contribution in [-0.4, -0.2) is 4.57 Å². The zero-order chi connectivity index (χ0) is 14.8. The number of hydrogen-bond acceptors (Lipinski definition) is 2. The highest BCUT2D eigenvalue weighted by atomic mass is 19.1. The van der Waals surface area contributed by atoms with Gasteiger partial charge in [0.05, 0.1) is 23.3 Å². The topological polar surface area (TPSA) is 52.5 Å². The normalized spacial score (nSPS) is 10.2. The molecule has 2 aromatic carbocycles. The summed E-state index contributed by atoms with van der Waals surface area (Å²) in [6.45, 7) is 0.388. The highest BCUT2D eigenvalue weighted by Crippen LogP contribution is 2.20. The van der Waals surface area contributed by atoms with E-state index in [1.165, 1.54) is 18.2 Å². The first-order valence-electron chi connectivity index (χ1n) is 6.39. The van der Waals surface area contributed by atoms with Crippen molar-refractivity contribution in [3.05, 3.63) is 71.2 Å². The predicted octanol–water partition coefficient (Wildman–Crippen LogP) is 3.57. The van der Waals surface area contributed by atoms with Crippen LogP contribution in [0.15, 0.2) is 48.7 Å². The Hall–Kier alpha value is -3.11. The molecule has 3 rings (SSSR count). The Morgan fingerprint density at radius 1 is 1.00 bits per heavy atom. The summed E-state index contributed by atoms with van der Waals surface area (Å²) < 4.78 is 15.3.